The summed E-state index contributed by atoms with van der Waals surface area (Å²) in [7, 11) is 0. The zero-order valence-corrected chi connectivity index (χ0v) is 10.3. The van der Waals surface area contributed by atoms with Crippen LogP contribution in [0.25, 0.3) is 0 Å². The van der Waals surface area contributed by atoms with Gasteiger partial charge in [-0.15, -0.1) is 0 Å². The summed E-state index contributed by atoms with van der Waals surface area (Å²) in [5.41, 5.74) is 13.5. The Balaban J connectivity index is 1.80. The van der Waals surface area contributed by atoms with Gasteiger partial charge in [0, 0.05) is 18.6 Å². The highest BCUT2D eigenvalue weighted by atomic mass is 16.5. The maximum Gasteiger partial charge on any atom is 0.243 e. The maximum atomic E-state index is 10.5. The number of nitrogens with one attached hydrogen (secondary N) is 1. The highest BCUT2D eigenvalue weighted by molar-refractivity contribution is 5.74. The second-order valence-corrected chi connectivity index (χ2v) is 4.50. The van der Waals surface area contributed by atoms with E-state index >= 15 is 0 Å². The zero-order valence-electron chi connectivity index (χ0n) is 10.3. The first-order valence-corrected chi connectivity index (χ1v) is 6.12. The molecule has 0 heterocycles. The molecule has 0 saturated carbocycles. The number of carbonyl (C=O) groups excluding carboxylic acids is 1. The molecule has 1 aliphatic rings. The fourth-order valence-electron chi connectivity index (χ4n) is 2.35. The minimum atomic E-state index is -0.441. The Kier molecular flexibility index (Phi) is 4.30. The van der Waals surface area contributed by atoms with E-state index in [2.05, 4.69) is 17.4 Å². The molecular formula is C13H19N3O2. The zero-order chi connectivity index (χ0) is 13.0. The van der Waals surface area contributed by atoms with Gasteiger partial charge in [0.1, 0.15) is 6.61 Å². The molecule has 0 fully saturated rings. The lowest BCUT2D eigenvalue weighted by Crippen LogP contribution is -2.26. The minimum Gasteiger partial charge on any atom is -0.370 e. The average molecular weight is 249 g/mol. The van der Waals surface area contributed by atoms with Crippen molar-refractivity contribution in [2.75, 3.05) is 19.8 Å². The number of nitrogens with two attached hydrogens (primary N) is 2. The Labute approximate surface area is 106 Å². The standard InChI is InChI=1S/C13H19N3O2/c14-11-7-12(10-4-2-1-3-9(10)11)16-5-6-18-8-13(15)17/h1-4,11-12,16H,5-8,14H2,(H2,15,17). The molecule has 0 spiro atoms. The summed E-state index contributed by atoms with van der Waals surface area (Å²) >= 11 is 0. The molecular weight excluding hydrogens is 230 g/mol. The van der Waals surface area contributed by atoms with Gasteiger partial charge in [0.25, 0.3) is 0 Å². The van der Waals surface area contributed by atoms with Crippen molar-refractivity contribution in [3.63, 3.8) is 0 Å². The minimum absolute atomic E-state index is 0.0253. The first kappa shape index (κ1) is 13.0. The fourth-order valence-corrected chi connectivity index (χ4v) is 2.35. The first-order chi connectivity index (χ1) is 8.68. The van der Waals surface area contributed by atoms with Crippen LogP contribution in [0.4, 0.5) is 0 Å². The molecule has 1 aromatic rings. The third-order valence-electron chi connectivity index (χ3n) is 3.14. The van der Waals surface area contributed by atoms with Crippen LogP contribution in [-0.4, -0.2) is 25.7 Å². The smallest absolute Gasteiger partial charge is 0.243 e. The van der Waals surface area contributed by atoms with Gasteiger partial charge in [-0.05, 0) is 17.5 Å². The summed E-state index contributed by atoms with van der Waals surface area (Å²) in [6, 6.07) is 8.58. The SMILES string of the molecule is NC(=O)COCCNC1CC(N)c2ccccc21. The second-order valence-electron chi connectivity index (χ2n) is 4.50. The van der Waals surface area contributed by atoms with E-state index in [4.69, 9.17) is 16.2 Å². The van der Waals surface area contributed by atoms with Crippen LogP contribution >= 0.6 is 0 Å². The van der Waals surface area contributed by atoms with E-state index in [0.29, 0.717) is 13.2 Å². The fraction of sp³-hybridized carbons (Fsp3) is 0.462. The number of hydrogen-bond donors (Lipinski definition) is 3. The van der Waals surface area contributed by atoms with E-state index in [1.165, 1.54) is 11.1 Å². The quantitative estimate of drug-likeness (QED) is 0.629. The van der Waals surface area contributed by atoms with Crippen LogP contribution in [0.2, 0.25) is 0 Å². The number of carbonyl (C=O) groups is 1. The molecule has 5 nitrogen and oxygen atoms in total. The number of benzene rings is 1. The summed E-state index contributed by atoms with van der Waals surface area (Å²) in [6.07, 6.45) is 0.898. The number of rotatable bonds is 6. The lowest BCUT2D eigenvalue weighted by Gasteiger charge is -2.13. The van der Waals surface area contributed by atoms with Crippen molar-refractivity contribution in [3.05, 3.63) is 35.4 Å². The average Bonchev–Trinajstić information content (AvgIpc) is 2.66. The molecule has 2 atom stereocenters. The summed E-state index contributed by atoms with van der Waals surface area (Å²) < 4.78 is 5.10. The Bertz CT molecular complexity index is 422. The van der Waals surface area contributed by atoms with Gasteiger partial charge < -0.3 is 21.5 Å². The highest BCUT2D eigenvalue weighted by Gasteiger charge is 2.27. The van der Waals surface area contributed by atoms with Crippen LogP contribution in [0.1, 0.15) is 29.6 Å². The van der Waals surface area contributed by atoms with Crippen LogP contribution < -0.4 is 16.8 Å². The van der Waals surface area contributed by atoms with Gasteiger partial charge in [-0.2, -0.15) is 0 Å². The molecule has 1 aliphatic carbocycles. The molecule has 5 heteroatoms. The van der Waals surface area contributed by atoms with E-state index in [9.17, 15) is 4.79 Å². The molecule has 0 aliphatic heterocycles. The molecule has 18 heavy (non-hydrogen) atoms. The summed E-state index contributed by atoms with van der Waals surface area (Å²) in [4.78, 5) is 10.5. The summed E-state index contributed by atoms with van der Waals surface area (Å²) in [6.45, 7) is 1.12. The number of fused-ring (bicyclic) bond motifs is 1. The van der Waals surface area contributed by atoms with Crippen LogP contribution in [0.3, 0.4) is 0 Å². The van der Waals surface area contributed by atoms with Crippen LogP contribution in [-0.2, 0) is 9.53 Å². The molecule has 0 radical (unpaired) electrons. The van der Waals surface area contributed by atoms with Crippen molar-refractivity contribution >= 4 is 5.91 Å². The molecule has 98 valence electrons. The highest BCUT2D eigenvalue weighted by Crippen LogP contribution is 2.36. The number of primary amides is 1. The van der Waals surface area contributed by atoms with Crippen molar-refractivity contribution in [1.82, 2.24) is 5.32 Å². The first-order valence-electron chi connectivity index (χ1n) is 6.12. The number of ether oxygens (including phenoxy) is 1. The Morgan fingerprint density at radius 1 is 1.39 bits per heavy atom. The van der Waals surface area contributed by atoms with E-state index in [0.717, 1.165) is 6.42 Å². The van der Waals surface area contributed by atoms with Crippen molar-refractivity contribution in [3.8, 4) is 0 Å². The van der Waals surface area contributed by atoms with Gasteiger partial charge in [-0.1, -0.05) is 24.3 Å². The summed E-state index contributed by atoms with van der Waals surface area (Å²) in [5, 5.41) is 3.38. The molecule has 2 unspecified atom stereocenters. The predicted molar refractivity (Wildman–Crippen MR) is 68.7 cm³/mol. The van der Waals surface area contributed by atoms with Crippen LogP contribution in [0.15, 0.2) is 24.3 Å². The molecule has 0 saturated heterocycles. The predicted octanol–water partition coefficient (Wildman–Crippen LogP) is 0.223. The maximum absolute atomic E-state index is 10.5. The van der Waals surface area contributed by atoms with Gasteiger partial charge in [0.15, 0.2) is 0 Å². The van der Waals surface area contributed by atoms with Crippen molar-refractivity contribution in [2.24, 2.45) is 11.5 Å². The monoisotopic (exact) mass is 249 g/mol. The van der Waals surface area contributed by atoms with E-state index in [1.807, 2.05) is 12.1 Å². The van der Waals surface area contributed by atoms with Gasteiger partial charge in [0.05, 0.1) is 6.61 Å². The van der Waals surface area contributed by atoms with E-state index < -0.39 is 5.91 Å². The molecule has 5 N–H and O–H groups in total. The van der Waals surface area contributed by atoms with Crippen LogP contribution in [0, 0.1) is 0 Å². The second kappa shape index (κ2) is 5.95. The van der Waals surface area contributed by atoms with E-state index in [-0.39, 0.29) is 18.7 Å². The lowest BCUT2D eigenvalue weighted by atomic mass is 10.1. The Hall–Kier alpha value is -1.43. The van der Waals surface area contributed by atoms with Crippen molar-refractivity contribution < 1.29 is 9.53 Å². The van der Waals surface area contributed by atoms with Gasteiger partial charge >= 0.3 is 0 Å². The van der Waals surface area contributed by atoms with Crippen molar-refractivity contribution in [2.45, 2.75) is 18.5 Å². The summed E-state index contributed by atoms with van der Waals surface area (Å²) in [5.74, 6) is -0.441. The molecule has 1 aromatic carbocycles. The third kappa shape index (κ3) is 3.07. The van der Waals surface area contributed by atoms with Gasteiger partial charge in [-0.3, -0.25) is 4.79 Å². The molecule has 1 amide bonds. The van der Waals surface area contributed by atoms with Crippen LogP contribution in [0.5, 0.6) is 0 Å². The van der Waals surface area contributed by atoms with E-state index in [1.54, 1.807) is 0 Å². The number of hydrogen-bond acceptors (Lipinski definition) is 4. The number of amides is 1. The molecule has 0 aromatic heterocycles. The third-order valence-corrected chi connectivity index (χ3v) is 3.14. The van der Waals surface area contributed by atoms with Gasteiger partial charge in [-0.25, -0.2) is 0 Å². The molecule has 0 bridgehead atoms. The Morgan fingerprint density at radius 2 is 2.11 bits per heavy atom. The van der Waals surface area contributed by atoms with Crippen molar-refractivity contribution in [1.29, 1.82) is 0 Å². The Morgan fingerprint density at radius 3 is 2.83 bits per heavy atom. The normalized spacial score (nSPS) is 21.8. The topological polar surface area (TPSA) is 90.4 Å². The lowest BCUT2D eigenvalue weighted by molar-refractivity contribution is -0.122. The largest absolute Gasteiger partial charge is 0.370 e. The molecule has 2 rings (SSSR count). The van der Waals surface area contributed by atoms with Gasteiger partial charge in [0.2, 0.25) is 5.91 Å².